The van der Waals surface area contributed by atoms with Gasteiger partial charge in [0.1, 0.15) is 11.4 Å². The highest BCUT2D eigenvalue weighted by molar-refractivity contribution is 9.10. The van der Waals surface area contributed by atoms with Crippen molar-refractivity contribution < 1.29 is 9.53 Å². The smallest absolute Gasteiger partial charge is 0.410 e. The SMILES string of the molecule is CC(C)(C)OC(=O)N1C[C@@H]2C[C@H]1CN2c1ccc(Br)cn1. The van der Waals surface area contributed by atoms with Gasteiger partial charge in [-0.05, 0) is 55.3 Å². The zero-order chi connectivity index (χ0) is 15.2. The molecule has 0 radical (unpaired) electrons. The Labute approximate surface area is 133 Å². The maximum absolute atomic E-state index is 12.2. The summed E-state index contributed by atoms with van der Waals surface area (Å²) in [7, 11) is 0. The van der Waals surface area contributed by atoms with E-state index in [0.717, 1.165) is 29.8 Å². The number of hydrogen-bond donors (Lipinski definition) is 0. The second kappa shape index (κ2) is 5.16. The van der Waals surface area contributed by atoms with Crippen LogP contribution in [0.2, 0.25) is 0 Å². The van der Waals surface area contributed by atoms with Gasteiger partial charge in [0.05, 0.1) is 12.1 Å². The number of pyridine rings is 1. The van der Waals surface area contributed by atoms with Crippen LogP contribution in [-0.4, -0.2) is 46.8 Å². The maximum Gasteiger partial charge on any atom is 0.410 e. The van der Waals surface area contributed by atoms with E-state index in [-0.39, 0.29) is 12.1 Å². The molecule has 3 heterocycles. The number of likely N-dealkylation sites (tertiary alicyclic amines) is 1. The number of ether oxygens (including phenoxy) is 1. The molecule has 2 aliphatic rings. The number of aromatic nitrogens is 1. The zero-order valence-electron chi connectivity index (χ0n) is 12.5. The number of rotatable bonds is 1. The van der Waals surface area contributed by atoms with Crippen LogP contribution < -0.4 is 4.90 Å². The van der Waals surface area contributed by atoms with Gasteiger partial charge in [-0.15, -0.1) is 0 Å². The van der Waals surface area contributed by atoms with Crippen LogP contribution in [0, 0.1) is 0 Å². The van der Waals surface area contributed by atoms with Crippen LogP contribution in [0.3, 0.4) is 0 Å². The van der Waals surface area contributed by atoms with Gasteiger partial charge in [-0.2, -0.15) is 0 Å². The van der Waals surface area contributed by atoms with Crippen LogP contribution in [0.4, 0.5) is 10.6 Å². The summed E-state index contributed by atoms with van der Waals surface area (Å²) in [6.07, 6.45) is 2.61. The zero-order valence-corrected chi connectivity index (χ0v) is 14.1. The molecule has 2 saturated heterocycles. The van der Waals surface area contributed by atoms with E-state index in [4.69, 9.17) is 4.74 Å². The third kappa shape index (κ3) is 3.00. The van der Waals surface area contributed by atoms with Crippen molar-refractivity contribution in [1.82, 2.24) is 9.88 Å². The third-order valence-electron chi connectivity index (χ3n) is 3.87. The van der Waals surface area contributed by atoms with Crippen molar-refractivity contribution in [2.45, 2.75) is 44.9 Å². The highest BCUT2D eigenvalue weighted by Gasteiger charge is 2.46. The first-order valence-electron chi connectivity index (χ1n) is 7.21. The lowest BCUT2D eigenvalue weighted by atomic mass is 10.2. The second-order valence-corrected chi connectivity index (χ2v) is 7.58. The largest absolute Gasteiger partial charge is 0.444 e. The minimum atomic E-state index is -0.439. The van der Waals surface area contributed by atoms with Crippen molar-refractivity contribution in [2.24, 2.45) is 0 Å². The molecule has 5 nitrogen and oxygen atoms in total. The highest BCUT2D eigenvalue weighted by atomic mass is 79.9. The minimum Gasteiger partial charge on any atom is -0.444 e. The van der Waals surface area contributed by atoms with E-state index in [2.05, 4.69) is 25.8 Å². The Morgan fingerprint density at radius 2 is 2.10 bits per heavy atom. The molecule has 114 valence electrons. The van der Waals surface area contributed by atoms with E-state index in [1.165, 1.54) is 0 Å². The van der Waals surface area contributed by atoms with E-state index in [0.29, 0.717) is 6.04 Å². The number of amides is 1. The number of fused-ring (bicyclic) bond motifs is 2. The Kier molecular flexibility index (Phi) is 3.59. The molecule has 0 unspecified atom stereocenters. The number of piperazine rings is 1. The van der Waals surface area contributed by atoms with Crippen molar-refractivity contribution in [2.75, 3.05) is 18.0 Å². The molecule has 1 aromatic heterocycles. The summed E-state index contributed by atoms with van der Waals surface area (Å²) < 4.78 is 6.46. The summed E-state index contributed by atoms with van der Waals surface area (Å²) >= 11 is 3.40. The lowest BCUT2D eigenvalue weighted by molar-refractivity contribution is 0.0214. The van der Waals surface area contributed by atoms with Crippen LogP contribution in [0.1, 0.15) is 27.2 Å². The summed E-state index contributed by atoms with van der Waals surface area (Å²) in [5.41, 5.74) is -0.439. The monoisotopic (exact) mass is 353 g/mol. The normalized spacial score (nSPS) is 24.6. The Hall–Kier alpha value is -1.30. The van der Waals surface area contributed by atoms with Crippen LogP contribution >= 0.6 is 15.9 Å². The highest BCUT2D eigenvalue weighted by Crippen LogP contribution is 2.34. The summed E-state index contributed by atoms with van der Waals surface area (Å²) in [6, 6.07) is 4.59. The summed E-state index contributed by atoms with van der Waals surface area (Å²) in [4.78, 5) is 20.8. The second-order valence-electron chi connectivity index (χ2n) is 6.66. The Morgan fingerprint density at radius 3 is 2.62 bits per heavy atom. The first-order chi connectivity index (χ1) is 9.83. The predicted octanol–water partition coefficient (Wildman–Crippen LogP) is 3.04. The van der Waals surface area contributed by atoms with Gasteiger partial charge in [-0.3, -0.25) is 0 Å². The molecule has 21 heavy (non-hydrogen) atoms. The molecule has 1 aromatic rings. The fourth-order valence-electron chi connectivity index (χ4n) is 3.03. The molecule has 0 aliphatic carbocycles. The van der Waals surface area contributed by atoms with Gasteiger partial charge in [0.25, 0.3) is 0 Å². The fraction of sp³-hybridized carbons (Fsp3) is 0.600. The molecule has 0 spiro atoms. The topological polar surface area (TPSA) is 45.7 Å². The Morgan fingerprint density at radius 1 is 1.33 bits per heavy atom. The van der Waals surface area contributed by atoms with Crippen LogP contribution in [0.25, 0.3) is 0 Å². The first kappa shape index (κ1) is 14.6. The van der Waals surface area contributed by atoms with Crippen molar-refractivity contribution in [3.63, 3.8) is 0 Å². The lowest BCUT2D eigenvalue weighted by Crippen LogP contribution is -2.50. The minimum absolute atomic E-state index is 0.196. The van der Waals surface area contributed by atoms with E-state index >= 15 is 0 Å². The van der Waals surface area contributed by atoms with Crippen molar-refractivity contribution in [3.05, 3.63) is 22.8 Å². The van der Waals surface area contributed by atoms with Gasteiger partial charge in [-0.25, -0.2) is 9.78 Å². The molecule has 2 bridgehead atoms. The number of carbonyl (C=O) groups excluding carboxylic acids is 1. The van der Waals surface area contributed by atoms with Gasteiger partial charge >= 0.3 is 6.09 Å². The van der Waals surface area contributed by atoms with E-state index in [9.17, 15) is 4.79 Å². The predicted molar refractivity (Wildman–Crippen MR) is 84.4 cm³/mol. The van der Waals surface area contributed by atoms with Crippen LogP contribution in [-0.2, 0) is 4.74 Å². The van der Waals surface area contributed by atoms with Crippen LogP contribution in [0.15, 0.2) is 22.8 Å². The standard InChI is InChI=1S/C15H20BrN3O2/c1-15(2,3)21-14(20)19-9-11-6-12(19)8-18(11)13-5-4-10(16)7-17-13/h4-5,7,11-12H,6,8-9H2,1-3H3/t11-,12-/m0/s1. The summed E-state index contributed by atoms with van der Waals surface area (Å²) in [5, 5.41) is 0. The first-order valence-corrected chi connectivity index (χ1v) is 8.00. The number of carbonyl (C=O) groups is 1. The quantitative estimate of drug-likeness (QED) is 0.778. The summed E-state index contributed by atoms with van der Waals surface area (Å²) in [6.45, 7) is 7.25. The van der Waals surface area contributed by atoms with Gasteiger partial charge in [0, 0.05) is 23.8 Å². The molecule has 6 heteroatoms. The third-order valence-corrected chi connectivity index (χ3v) is 4.34. The molecular weight excluding hydrogens is 334 g/mol. The number of anilines is 1. The number of hydrogen-bond acceptors (Lipinski definition) is 4. The van der Waals surface area contributed by atoms with Gasteiger partial charge in [0.2, 0.25) is 0 Å². The average Bonchev–Trinajstić information content (AvgIpc) is 2.97. The molecule has 3 rings (SSSR count). The molecule has 0 saturated carbocycles. The molecule has 2 fully saturated rings. The fourth-order valence-corrected chi connectivity index (χ4v) is 3.26. The van der Waals surface area contributed by atoms with Crippen molar-refractivity contribution >= 4 is 27.8 Å². The van der Waals surface area contributed by atoms with Gasteiger partial charge in [-0.1, -0.05) is 0 Å². The molecule has 2 atom stereocenters. The molecule has 0 aromatic carbocycles. The van der Waals surface area contributed by atoms with Gasteiger partial charge < -0.3 is 14.5 Å². The lowest BCUT2D eigenvalue weighted by Gasteiger charge is -2.35. The number of nitrogens with zero attached hydrogens (tertiary/aromatic N) is 3. The molecule has 0 N–H and O–H groups in total. The molecule has 1 amide bonds. The van der Waals surface area contributed by atoms with Gasteiger partial charge in [0.15, 0.2) is 0 Å². The Balaban J connectivity index is 1.66. The van der Waals surface area contributed by atoms with E-state index in [1.54, 1.807) is 0 Å². The number of halogens is 1. The molecular formula is C15H20BrN3O2. The van der Waals surface area contributed by atoms with Crippen molar-refractivity contribution in [3.8, 4) is 0 Å². The molecule has 2 aliphatic heterocycles. The average molecular weight is 354 g/mol. The van der Waals surface area contributed by atoms with E-state index in [1.807, 2.05) is 44.0 Å². The summed E-state index contributed by atoms with van der Waals surface area (Å²) in [5.74, 6) is 0.981. The Bertz CT molecular complexity index is 541. The maximum atomic E-state index is 12.2. The van der Waals surface area contributed by atoms with Crippen molar-refractivity contribution in [1.29, 1.82) is 0 Å². The van der Waals surface area contributed by atoms with Crippen LogP contribution in [0.5, 0.6) is 0 Å². The van der Waals surface area contributed by atoms with E-state index < -0.39 is 5.60 Å².